The first kappa shape index (κ1) is 16.4. The Bertz CT molecular complexity index is 930. The van der Waals surface area contributed by atoms with Gasteiger partial charge in [0.2, 0.25) is 0 Å². The number of hydrogen-bond donors (Lipinski definition) is 0. The molecule has 1 aromatic heterocycles. The minimum Gasteiger partial charge on any atom is -0.336 e. The lowest BCUT2D eigenvalue weighted by Gasteiger charge is -2.14. The molecule has 4 heteroatoms. The van der Waals surface area contributed by atoms with Crippen LogP contribution in [-0.2, 0) is 19.4 Å². The molecule has 0 fully saturated rings. The largest absolute Gasteiger partial charge is 0.336 e. The van der Waals surface area contributed by atoms with E-state index >= 15 is 0 Å². The van der Waals surface area contributed by atoms with Gasteiger partial charge in [0.05, 0.1) is 6.54 Å². The molecule has 2 aromatic carbocycles. The van der Waals surface area contributed by atoms with Gasteiger partial charge in [0.15, 0.2) is 5.78 Å². The van der Waals surface area contributed by atoms with Crippen molar-refractivity contribution in [3.05, 3.63) is 70.4 Å². The second-order valence-corrected chi connectivity index (χ2v) is 7.20. The molecule has 3 nitrogen and oxygen atoms in total. The molecule has 0 bridgehead atoms. The van der Waals surface area contributed by atoms with E-state index in [0.29, 0.717) is 6.54 Å². The van der Waals surface area contributed by atoms with Gasteiger partial charge in [0.1, 0.15) is 0 Å². The Hall–Kier alpha value is -2.10. The third-order valence-electron chi connectivity index (χ3n) is 5.12. The Balaban J connectivity index is 1.81. The first-order chi connectivity index (χ1) is 12.1. The highest BCUT2D eigenvalue weighted by Crippen LogP contribution is 2.31. The van der Waals surface area contributed by atoms with E-state index in [0.717, 1.165) is 42.0 Å². The lowest BCUT2D eigenvalue weighted by Crippen LogP contribution is -2.21. The Kier molecular flexibility index (Phi) is 4.36. The third kappa shape index (κ3) is 3.10. The van der Waals surface area contributed by atoms with E-state index in [4.69, 9.17) is 11.6 Å². The topological polar surface area (TPSA) is 25.2 Å². The van der Waals surface area contributed by atoms with Crippen LogP contribution in [0.25, 0.3) is 10.9 Å². The van der Waals surface area contributed by atoms with Crippen LogP contribution in [0.5, 0.6) is 0 Å². The van der Waals surface area contributed by atoms with Gasteiger partial charge in [0, 0.05) is 46.7 Å². The fourth-order valence-corrected chi connectivity index (χ4v) is 3.94. The van der Waals surface area contributed by atoms with E-state index < -0.39 is 0 Å². The molecule has 0 radical (unpaired) electrons. The molecule has 0 saturated heterocycles. The molecule has 4 rings (SSSR count). The van der Waals surface area contributed by atoms with E-state index in [1.807, 2.05) is 48.5 Å². The molecule has 0 saturated carbocycles. The predicted octanol–water partition coefficient (Wildman–Crippen LogP) is 4.21. The first-order valence-corrected chi connectivity index (χ1v) is 9.07. The minimum absolute atomic E-state index is 0.146. The van der Waals surface area contributed by atoms with Crippen molar-refractivity contribution >= 4 is 28.3 Å². The van der Waals surface area contributed by atoms with Gasteiger partial charge in [-0.05, 0) is 37.2 Å². The fraction of sp³-hybridized carbons (Fsp3) is 0.286. The average molecular weight is 353 g/mol. The van der Waals surface area contributed by atoms with Crippen molar-refractivity contribution < 1.29 is 4.79 Å². The number of hydrogen-bond acceptors (Lipinski definition) is 2. The number of Topliss-reactive ketones (excluding diaryl/α,β-unsaturated/α-hetero) is 1. The molecule has 128 valence electrons. The van der Waals surface area contributed by atoms with Gasteiger partial charge >= 0.3 is 0 Å². The monoisotopic (exact) mass is 352 g/mol. The predicted molar refractivity (Wildman–Crippen MR) is 103 cm³/mol. The highest BCUT2D eigenvalue weighted by Gasteiger charge is 2.22. The zero-order valence-electron chi connectivity index (χ0n) is 14.3. The summed E-state index contributed by atoms with van der Waals surface area (Å²) >= 11 is 6.25. The van der Waals surface area contributed by atoms with Crippen molar-refractivity contribution in [1.82, 2.24) is 9.47 Å². The van der Waals surface area contributed by atoms with Crippen molar-refractivity contribution in [3.63, 3.8) is 0 Å². The summed E-state index contributed by atoms with van der Waals surface area (Å²) in [7, 11) is 2.15. The molecule has 0 amide bonds. The Morgan fingerprint density at radius 2 is 1.84 bits per heavy atom. The van der Waals surface area contributed by atoms with Crippen molar-refractivity contribution in [2.75, 3.05) is 20.1 Å². The highest BCUT2D eigenvalue weighted by atomic mass is 35.5. The summed E-state index contributed by atoms with van der Waals surface area (Å²) in [5, 5.41) is 1.94. The quantitative estimate of drug-likeness (QED) is 0.660. The van der Waals surface area contributed by atoms with Crippen LogP contribution < -0.4 is 0 Å². The standard InChI is InChI=1S/C21H21ClN2O/c1-23-11-9-17-18-13-16(22)7-8-19(18)24(20(17)10-12-23)14-21(25)15-5-3-2-4-6-15/h2-8,13H,9-12,14H2,1H3. The van der Waals surface area contributed by atoms with E-state index in [1.54, 1.807) is 0 Å². The number of halogens is 1. The number of rotatable bonds is 3. The van der Waals surface area contributed by atoms with Gasteiger partial charge in [0.25, 0.3) is 0 Å². The first-order valence-electron chi connectivity index (χ1n) is 8.70. The van der Waals surface area contributed by atoms with Crippen molar-refractivity contribution in [1.29, 1.82) is 0 Å². The van der Waals surface area contributed by atoms with Crippen LogP contribution in [0.15, 0.2) is 48.5 Å². The summed E-state index contributed by atoms with van der Waals surface area (Å²) in [6, 6.07) is 15.5. The minimum atomic E-state index is 0.146. The number of aromatic nitrogens is 1. The van der Waals surface area contributed by atoms with Crippen molar-refractivity contribution in [3.8, 4) is 0 Å². The number of benzene rings is 2. The SMILES string of the molecule is CN1CCc2c(n(CC(=O)c3ccccc3)c3ccc(Cl)cc23)CC1. The number of carbonyl (C=O) groups excluding carboxylic acids is 1. The molecule has 1 aliphatic heterocycles. The van der Waals surface area contributed by atoms with Crippen LogP contribution >= 0.6 is 11.6 Å². The van der Waals surface area contributed by atoms with Crippen LogP contribution in [-0.4, -0.2) is 35.4 Å². The van der Waals surface area contributed by atoms with Gasteiger partial charge in [-0.2, -0.15) is 0 Å². The van der Waals surface area contributed by atoms with Crippen LogP contribution in [0, 0.1) is 0 Å². The van der Waals surface area contributed by atoms with E-state index in [1.165, 1.54) is 16.6 Å². The number of ketones is 1. The summed E-state index contributed by atoms with van der Waals surface area (Å²) in [6.45, 7) is 2.42. The molecular formula is C21H21ClN2O. The summed E-state index contributed by atoms with van der Waals surface area (Å²) in [6.07, 6.45) is 1.95. The van der Waals surface area contributed by atoms with Crippen LogP contribution in [0.1, 0.15) is 21.6 Å². The summed E-state index contributed by atoms with van der Waals surface area (Å²) in [4.78, 5) is 15.1. The molecular weight excluding hydrogens is 332 g/mol. The molecule has 0 unspecified atom stereocenters. The van der Waals surface area contributed by atoms with Gasteiger partial charge in [-0.25, -0.2) is 0 Å². The zero-order chi connectivity index (χ0) is 17.4. The Morgan fingerprint density at radius 1 is 1.08 bits per heavy atom. The molecule has 0 N–H and O–H groups in total. The molecule has 2 heterocycles. The van der Waals surface area contributed by atoms with E-state index in [9.17, 15) is 4.79 Å². The smallest absolute Gasteiger partial charge is 0.182 e. The fourth-order valence-electron chi connectivity index (χ4n) is 3.76. The number of fused-ring (bicyclic) bond motifs is 3. The summed E-state index contributed by atoms with van der Waals surface area (Å²) in [5.74, 6) is 0.146. The van der Waals surface area contributed by atoms with Crippen LogP contribution in [0.2, 0.25) is 5.02 Å². The Labute approximate surface area is 152 Å². The van der Waals surface area contributed by atoms with Crippen molar-refractivity contribution in [2.45, 2.75) is 19.4 Å². The van der Waals surface area contributed by atoms with Crippen molar-refractivity contribution in [2.24, 2.45) is 0 Å². The number of carbonyl (C=O) groups is 1. The van der Waals surface area contributed by atoms with Gasteiger partial charge in [-0.1, -0.05) is 41.9 Å². The van der Waals surface area contributed by atoms with Gasteiger partial charge < -0.3 is 9.47 Å². The summed E-state index contributed by atoms with van der Waals surface area (Å²) < 4.78 is 2.20. The molecule has 0 atom stereocenters. The number of nitrogens with zero attached hydrogens (tertiary/aromatic N) is 2. The maximum absolute atomic E-state index is 12.8. The molecule has 25 heavy (non-hydrogen) atoms. The third-order valence-corrected chi connectivity index (χ3v) is 5.36. The molecule has 0 aliphatic carbocycles. The van der Waals surface area contributed by atoms with Crippen LogP contribution in [0.4, 0.5) is 0 Å². The molecule has 3 aromatic rings. The maximum Gasteiger partial charge on any atom is 0.182 e. The zero-order valence-corrected chi connectivity index (χ0v) is 15.1. The second kappa shape index (κ2) is 6.66. The Morgan fingerprint density at radius 3 is 2.64 bits per heavy atom. The highest BCUT2D eigenvalue weighted by molar-refractivity contribution is 6.31. The van der Waals surface area contributed by atoms with E-state index in [-0.39, 0.29) is 5.78 Å². The normalized spacial score (nSPS) is 15.1. The maximum atomic E-state index is 12.8. The van der Waals surface area contributed by atoms with E-state index in [2.05, 4.69) is 16.5 Å². The lowest BCUT2D eigenvalue weighted by molar-refractivity contribution is 0.0972. The summed E-state index contributed by atoms with van der Waals surface area (Å²) in [5.41, 5.74) is 4.51. The molecule has 1 aliphatic rings. The van der Waals surface area contributed by atoms with Gasteiger partial charge in [-0.15, -0.1) is 0 Å². The number of likely N-dealkylation sites (N-methyl/N-ethyl adjacent to an activating group) is 1. The van der Waals surface area contributed by atoms with Gasteiger partial charge in [-0.3, -0.25) is 4.79 Å². The average Bonchev–Trinajstić information content (AvgIpc) is 2.76. The second-order valence-electron chi connectivity index (χ2n) is 6.77. The lowest BCUT2D eigenvalue weighted by atomic mass is 10.1. The van der Waals surface area contributed by atoms with Crippen LogP contribution in [0.3, 0.4) is 0 Å². The molecule has 0 spiro atoms.